The lowest BCUT2D eigenvalue weighted by Crippen LogP contribution is -2.69. The molecule has 0 bridgehead atoms. The highest BCUT2D eigenvalue weighted by Gasteiger charge is 2.40. The Kier molecular flexibility index (Phi) is 6.32. The van der Waals surface area contributed by atoms with E-state index in [0.717, 1.165) is 12.2 Å². The highest BCUT2D eigenvalue weighted by atomic mass is 28.3. The second-order valence-corrected chi connectivity index (χ2v) is 11.5. The van der Waals surface area contributed by atoms with E-state index in [1.54, 1.807) is 14.0 Å². The van der Waals surface area contributed by atoms with E-state index >= 15 is 0 Å². The molecule has 3 aromatic rings. The Morgan fingerprint density at radius 2 is 1.39 bits per heavy atom. The van der Waals surface area contributed by atoms with Crippen LogP contribution in [0.2, 0.25) is 6.55 Å². The van der Waals surface area contributed by atoms with E-state index in [9.17, 15) is 4.79 Å². The highest BCUT2D eigenvalue weighted by molar-refractivity contribution is 7.02. The number of hydrogen-bond donors (Lipinski definition) is 1. The largest absolute Gasteiger partial charge is 0.497 e. The fourth-order valence-corrected chi connectivity index (χ4v) is 7.82. The Hall–Kier alpha value is -2.85. The van der Waals surface area contributed by atoms with Crippen LogP contribution in [0.15, 0.2) is 84.9 Å². The minimum absolute atomic E-state index is 0.00380. The third-order valence-electron chi connectivity index (χ3n) is 5.42. The molecule has 1 amide bonds. The molecule has 0 saturated carbocycles. The third kappa shape index (κ3) is 4.34. The number of ether oxygens (including phenoxy) is 1. The highest BCUT2D eigenvalue weighted by Crippen LogP contribution is 2.18. The average Bonchev–Trinajstić information content (AvgIpc) is 2.74. The second kappa shape index (κ2) is 8.89. The molecular formula is C24H27NO2Si. The van der Waals surface area contributed by atoms with Gasteiger partial charge in [-0.05, 0) is 24.1 Å². The van der Waals surface area contributed by atoms with Crippen molar-refractivity contribution in [1.82, 2.24) is 5.32 Å². The van der Waals surface area contributed by atoms with Crippen LogP contribution >= 0.6 is 0 Å². The van der Waals surface area contributed by atoms with Crippen LogP contribution in [0.3, 0.4) is 0 Å². The number of hydrogen-bond acceptors (Lipinski definition) is 2. The van der Waals surface area contributed by atoms with E-state index in [-0.39, 0.29) is 11.6 Å². The summed E-state index contributed by atoms with van der Waals surface area (Å²) in [6.07, 6.45) is 0.774. The number of amides is 1. The molecule has 0 aliphatic heterocycles. The van der Waals surface area contributed by atoms with Crippen molar-refractivity contribution in [2.24, 2.45) is 0 Å². The summed E-state index contributed by atoms with van der Waals surface area (Å²) < 4.78 is 5.28. The van der Waals surface area contributed by atoms with Gasteiger partial charge in [0.1, 0.15) is 13.8 Å². The number of benzene rings is 3. The van der Waals surface area contributed by atoms with Gasteiger partial charge in [0.05, 0.1) is 7.11 Å². The Balaban J connectivity index is 2.07. The van der Waals surface area contributed by atoms with Gasteiger partial charge < -0.3 is 10.1 Å². The van der Waals surface area contributed by atoms with Crippen molar-refractivity contribution in [2.75, 3.05) is 7.11 Å². The molecule has 0 heterocycles. The van der Waals surface area contributed by atoms with Crippen LogP contribution in [-0.2, 0) is 11.2 Å². The summed E-state index contributed by atoms with van der Waals surface area (Å²) in [7, 11) is -0.591. The van der Waals surface area contributed by atoms with Crippen molar-refractivity contribution in [3.8, 4) is 5.75 Å². The van der Waals surface area contributed by atoms with Crippen molar-refractivity contribution in [2.45, 2.75) is 25.6 Å². The van der Waals surface area contributed by atoms with E-state index in [2.05, 4.69) is 72.5 Å². The monoisotopic (exact) mass is 389 g/mol. The van der Waals surface area contributed by atoms with Gasteiger partial charge in [0.25, 0.3) is 0 Å². The summed E-state index contributed by atoms with van der Waals surface area (Å²) in [5, 5.41) is 5.91. The lowest BCUT2D eigenvalue weighted by Gasteiger charge is -2.37. The smallest absolute Gasteiger partial charge is 0.216 e. The molecule has 0 radical (unpaired) electrons. The van der Waals surface area contributed by atoms with Crippen LogP contribution in [0.1, 0.15) is 12.5 Å². The number of carbonyl (C=O) groups excluding carboxylic acids is 1. The lowest BCUT2D eigenvalue weighted by atomic mass is 10.1. The molecule has 3 nitrogen and oxygen atoms in total. The molecule has 1 atom stereocenters. The molecule has 1 unspecified atom stereocenters. The first-order chi connectivity index (χ1) is 13.5. The second-order valence-electron chi connectivity index (χ2n) is 7.24. The van der Waals surface area contributed by atoms with Crippen LogP contribution in [0.4, 0.5) is 0 Å². The first kappa shape index (κ1) is 19.9. The van der Waals surface area contributed by atoms with E-state index < -0.39 is 8.07 Å². The van der Waals surface area contributed by atoms with Crippen molar-refractivity contribution in [3.63, 3.8) is 0 Å². The van der Waals surface area contributed by atoms with Gasteiger partial charge in [0.2, 0.25) is 5.91 Å². The molecule has 0 aliphatic carbocycles. The van der Waals surface area contributed by atoms with E-state index in [4.69, 9.17) is 4.74 Å². The summed E-state index contributed by atoms with van der Waals surface area (Å²) in [5.74, 6) is 0.843. The molecule has 1 N–H and O–H groups in total. The van der Waals surface area contributed by atoms with E-state index in [0.29, 0.717) is 0 Å². The van der Waals surface area contributed by atoms with Crippen LogP contribution in [0, 0.1) is 0 Å². The maximum atomic E-state index is 12.1. The van der Waals surface area contributed by atoms with Crippen molar-refractivity contribution >= 4 is 24.4 Å². The Morgan fingerprint density at radius 1 is 0.893 bits per heavy atom. The predicted octanol–water partition coefficient (Wildman–Crippen LogP) is 3.17. The maximum absolute atomic E-state index is 12.1. The van der Waals surface area contributed by atoms with Gasteiger partial charge in [-0.1, -0.05) is 89.7 Å². The van der Waals surface area contributed by atoms with Crippen LogP contribution < -0.4 is 20.4 Å². The van der Waals surface area contributed by atoms with Gasteiger partial charge in [-0.15, -0.1) is 0 Å². The molecular weight excluding hydrogens is 362 g/mol. The van der Waals surface area contributed by atoms with Gasteiger partial charge >= 0.3 is 0 Å². The van der Waals surface area contributed by atoms with Gasteiger partial charge in [-0.3, -0.25) is 4.79 Å². The maximum Gasteiger partial charge on any atom is 0.216 e. The zero-order valence-electron chi connectivity index (χ0n) is 16.7. The Morgan fingerprint density at radius 3 is 1.82 bits per heavy atom. The molecule has 0 spiro atoms. The summed E-state index contributed by atoms with van der Waals surface area (Å²) in [6, 6.07) is 29.3. The molecule has 3 rings (SSSR count). The first-order valence-electron chi connectivity index (χ1n) is 9.55. The van der Waals surface area contributed by atoms with Crippen molar-refractivity contribution in [1.29, 1.82) is 0 Å². The topological polar surface area (TPSA) is 38.3 Å². The number of nitrogens with one attached hydrogen (secondary N) is 1. The fraction of sp³-hybridized carbons (Fsp3) is 0.208. The van der Waals surface area contributed by atoms with Crippen molar-refractivity contribution in [3.05, 3.63) is 90.5 Å². The molecule has 0 fully saturated rings. The summed E-state index contributed by atoms with van der Waals surface area (Å²) in [5.41, 5.74) is 1.22. The summed E-state index contributed by atoms with van der Waals surface area (Å²) in [6.45, 7) is 3.95. The number of rotatable bonds is 7. The minimum atomic E-state index is -2.26. The van der Waals surface area contributed by atoms with E-state index in [1.165, 1.54) is 15.9 Å². The number of carbonyl (C=O) groups is 1. The summed E-state index contributed by atoms with van der Waals surface area (Å²) >= 11 is 0. The fourth-order valence-electron chi connectivity index (χ4n) is 3.78. The molecule has 0 aromatic heterocycles. The molecule has 0 saturated heterocycles. The standard InChI is InChI=1S/C24H27NO2Si/c1-19(26)25-24(18-20-14-16-21(27-2)17-15-20)28(3,22-10-6-4-7-11-22)23-12-8-5-9-13-23/h4-17,24H,18H2,1-3H3,(H,25,26). The molecule has 144 valence electrons. The molecule has 4 heteroatoms. The van der Waals surface area contributed by atoms with Gasteiger partial charge in [-0.2, -0.15) is 0 Å². The predicted molar refractivity (Wildman–Crippen MR) is 118 cm³/mol. The SMILES string of the molecule is COc1ccc(CC(NC(C)=O)[Si](C)(c2ccccc2)c2ccccc2)cc1. The van der Waals surface area contributed by atoms with Crippen LogP contribution in [0.25, 0.3) is 0 Å². The van der Waals surface area contributed by atoms with E-state index in [1.807, 2.05) is 24.3 Å². The zero-order chi connectivity index (χ0) is 20.0. The Labute approximate surface area is 168 Å². The molecule has 3 aromatic carbocycles. The van der Waals surface area contributed by atoms with Gasteiger partial charge in [0.15, 0.2) is 0 Å². The van der Waals surface area contributed by atoms with Gasteiger partial charge in [-0.25, -0.2) is 0 Å². The van der Waals surface area contributed by atoms with Crippen LogP contribution in [-0.4, -0.2) is 26.8 Å². The molecule has 0 aliphatic rings. The lowest BCUT2D eigenvalue weighted by molar-refractivity contribution is -0.119. The van der Waals surface area contributed by atoms with Gasteiger partial charge in [0, 0.05) is 12.6 Å². The zero-order valence-corrected chi connectivity index (χ0v) is 17.7. The third-order valence-corrected chi connectivity index (χ3v) is 10.2. The van der Waals surface area contributed by atoms with Crippen LogP contribution in [0.5, 0.6) is 5.75 Å². The Bertz CT molecular complexity index is 855. The van der Waals surface area contributed by atoms with Crippen molar-refractivity contribution < 1.29 is 9.53 Å². The quantitative estimate of drug-likeness (QED) is 0.631. The normalized spacial score (nSPS) is 12.2. The summed E-state index contributed by atoms with van der Waals surface area (Å²) in [4.78, 5) is 12.1. The number of methoxy groups -OCH3 is 1. The molecule has 28 heavy (non-hydrogen) atoms. The minimum Gasteiger partial charge on any atom is -0.497 e. The first-order valence-corrected chi connectivity index (χ1v) is 12.1. The average molecular weight is 390 g/mol.